The number of ketones is 1. The van der Waals surface area contributed by atoms with Crippen LogP contribution in [0.1, 0.15) is 37.0 Å². The van der Waals surface area contributed by atoms with Gasteiger partial charge in [-0.3, -0.25) is 10.2 Å². The molecular weight excluding hydrogens is 316 g/mol. The van der Waals surface area contributed by atoms with Crippen LogP contribution in [0.5, 0.6) is 0 Å². The number of carbonyl (C=O) groups excluding carboxylic acids is 1. The molecule has 0 fully saturated rings. The van der Waals surface area contributed by atoms with Crippen LogP contribution < -0.4 is 5.43 Å². The molecule has 0 aliphatic carbocycles. The molecule has 0 amide bonds. The van der Waals surface area contributed by atoms with Crippen LogP contribution in [0.25, 0.3) is 0 Å². The number of hydrazone groups is 1. The summed E-state index contributed by atoms with van der Waals surface area (Å²) in [5, 5.41) is 17.2. The lowest BCUT2D eigenvalue weighted by Crippen LogP contribution is -2.15. The Bertz CT molecular complexity index is 797. The molecular formula is C16H15ClN4O2. The van der Waals surface area contributed by atoms with Gasteiger partial charge in [0.15, 0.2) is 5.69 Å². The third kappa shape index (κ3) is 4.18. The Balaban J connectivity index is 2.20. The molecule has 23 heavy (non-hydrogen) atoms. The maximum atomic E-state index is 12.3. The zero-order chi connectivity index (χ0) is 17.0. The van der Waals surface area contributed by atoms with Crippen LogP contribution in [0.4, 0.5) is 5.69 Å². The maximum Gasteiger partial charge on any atom is 0.245 e. The zero-order valence-corrected chi connectivity index (χ0v) is 13.7. The van der Waals surface area contributed by atoms with Gasteiger partial charge in [0.1, 0.15) is 11.8 Å². The fraction of sp³-hybridized carbons (Fsp3) is 0.250. The van der Waals surface area contributed by atoms with Gasteiger partial charge in [-0.1, -0.05) is 43.6 Å². The third-order valence-corrected chi connectivity index (χ3v) is 3.16. The van der Waals surface area contributed by atoms with Crippen LogP contribution in [-0.4, -0.2) is 16.7 Å². The molecule has 0 saturated carbocycles. The number of anilines is 1. The Morgan fingerprint density at radius 3 is 2.70 bits per heavy atom. The van der Waals surface area contributed by atoms with E-state index in [-0.39, 0.29) is 16.8 Å². The first kappa shape index (κ1) is 16.7. The Labute approximate surface area is 138 Å². The molecule has 0 spiro atoms. The van der Waals surface area contributed by atoms with Crippen molar-refractivity contribution in [3.8, 4) is 6.07 Å². The lowest BCUT2D eigenvalue weighted by molar-refractivity contribution is 0.105. The SMILES string of the molecule is CC(C)(C)c1cc(C(=O)C(C#N)=NNc2cccc(Cl)c2)no1. The van der Waals surface area contributed by atoms with E-state index in [0.29, 0.717) is 16.5 Å². The van der Waals surface area contributed by atoms with Gasteiger partial charge in [0.05, 0.1) is 5.69 Å². The summed E-state index contributed by atoms with van der Waals surface area (Å²) < 4.78 is 5.15. The molecule has 6 nitrogen and oxygen atoms in total. The first-order valence-electron chi connectivity index (χ1n) is 6.82. The van der Waals surface area contributed by atoms with Gasteiger partial charge >= 0.3 is 0 Å². The van der Waals surface area contributed by atoms with Crippen molar-refractivity contribution in [2.75, 3.05) is 5.43 Å². The molecule has 1 aromatic carbocycles. The van der Waals surface area contributed by atoms with Gasteiger partial charge in [-0.2, -0.15) is 10.4 Å². The molecule has 0 unspecified atom stereocenters. The third-order valence-electron chi connectivity index (χ3n) is 2.92. The van der Waals surface area contributed by atoms with Crippen molar-refractivity contribution < 1.29 is 9.32 Å². The smallest absolute Gasteiger partial charge is 0.245 e. The van der Waals surface area contributed by atoms with Crippen molar-refractivity contribution in [3.63, 3.8) is 0 Å². The van der Waals surface area contributed by atoms with Crippen molar-refractivity contribution in [2.24, 2.45) is 5.10 Å². The second kappa shape index (κ2) is 6.63. The minimum Gasteiger partial charge on any atom is -0.360 e. The molecule has 118 valence electrons. The number of benzene rings is 1. The van der Waals surface area contributed by atoms with Crippen LogP contribution in [-0.2, 0) is 5.41 Å². The highest BCUT2D eigenvalue weighted by molar-refractivity contribution is 6.51. The number of nitriles is 1. The van der Waals surface area contributed by atoms with Gasteiger partial charge in [0.2, 0.25) is 11.5 Å². The number of halogens is 1. The van der Waals surface area contributed by atoms with Gasteiger partial charge in [0.25, 0.3) is 0 Å². The van der Waals surface area contributed by atoms with E-state index in [4.69, 9.17) is 21.4 Å². The van der Waals surface area contributed by atoms with Gasteiger partial charge in [-0.05, 0) is 18.2 Å². The fourth-order valence-electron chi connectivity index (χ4n) is 1.66. The van der Waals surface area contributed by atoms with E-state index in [2.05, 4.69) is 15.7 Å². The van der Waals surface area contributed by atoms with Crippen molar-refractivity contribution in [2.45, 2.75) is 26.2 Å². The van der Waals surface area contributed by atoms with Crippen molar-refractivity contribution in [1.29, 1.82) is 5.26 Å². The number of rotatable bonds is 4. The number of hydrogen-bond donors (Lipinski definition) is 1. The molecule has 1 heterocycles. The minimum atomic E-state index is -0.610. The molecule has 2 rings (SSSR count). The van der Waals surface area contributed by atoms with Crippen LogP contribution in [0.15, 0.2) is 40.0 Å². The average molecular weight is 331 g/mol. The Kier molecular flexibility index (Phi) is 4.82. The molecule has 0 saturated heterocycles. The first-order chi connectivity index (χ1) is 10.8. The van der Waals surface area contributed by atoms with Crippen LogP contribution in [0.3, 0.4) is 0 Å². The molecule has 0 aliphatic rings. The number of hydrogen-bond acceptors (Lipinski definition) is 6. The molecule has 1 aromatic heterocycles. The number of aromatic nitrogens is 1. The number of Topliss-reactive ketones (excluding diaryl/α,β-unsaturated/α-hetero) is 1. The minimum absolute atomic E-state index is 0.0446. The van der Waals surface area contributed by atoms with Crippen molar-refractivity contribution in [3.05, 3.63) is 46.8 Å². The van der Waals surface area contributed by atoms with Gasteiger partial charge in [-0.15, -0.1) is 0 Å². The Hall–Kier alpha value is -2.65. The summed E-state index contributed by atoms with van der Waals surface area (Å²) in [6.07, 6.45) is 0. The van der Waals surface area contributed by atoms with E-state index in [1.165, 1.54) is 6.07 Å². The summed E-state index contributed by atoms with van der Waals surface area (Å²) in [5.41, 5.74) is 2.63. The summed E-state index contributed by atoms with van der Waals surface area (Å²) in [6, 6.07) is 10.0. The van der Waals surface area contributed by atoms with E-state index < -0.39 is 5.78 Å². The molecule has 0 radical (unpaired) electrons. The van der Waals surface area contributed by atoms with Crippen molar-refractivity contribution >= 4 is 28.8 Å². The standard InChI is InChI=1S/C16H15ClN4O2/c1-16(2,3)14-8-12(21-23-14)15(22)13(9-18)20-19-11-6-4-5-10(17)7-11/h4-8,19H,1-3H3. The largest absolute Gasteiger partial charge is 0.360 e. The van der Waals surface area contributed by atoms with E-state index >= 15 is 0 Å². The molecule has 0 atom stereocenters. The first-order valence-corrected chi connectivity index (χ1v) is 7.20. The van der Waals surface area contributed by atoms with E-state index in [0.717, 1.165) is 0 Å². The Morgan fingerprint density at radius 2 is 2.13 bits per heavy atom. The second-order valence-corrected chi connectivity index (χ2v) is 6.29. The van der Waals surface area contributed by atoms with Gasteiger partial charge in [-0.25, -0.2) is 0 Å². The van der Waals surface area contributed by atoms with Gasteiger partial charge in [0, 0.05) is 16.5 Å². The lowest BCUT2D eigenvalue weighted by atomic mass is 9.93. The molecule has 0 aliphatic heterocycles. The lowest BCUT2D eigenvalue weighted by Gasteiger charge is -2.11. The highest BCUT2D eigenvalue weighted by atomic mass is 35.5. The highest BCUT2D eigenvalue weighted by Gasteiger charge is 2.24. The van der Waals surface area contributed by atoms with Crippen molar-refractivity contribution in [1.82, 2.24) is 5.16 Å². The summed E-state index contributed by atoms with van der Waals surface area (Å²) in [6.45, 7) is 5.80. The fourth-order valence-corrected chi connectivity index (χ4v) is 1.85. The molecule has 7 heteroatoms. The van der Waals surface area contributed by atoms with Crippen LogP contribution in [0, 0.1) is 11.3 Å². The van der Waals surface area contributed by atoms with Crippen LogP contribution in [0.2, 0.25) is 5.02 Å². The maximum absolute atomic E-state index is 12.3. The van der Waals surface area contributed by atoms with E-state index in [1.54, 1.807) is 30.3 Å². The van der Waals surface area contributed by atoms with E-state index in [1.807, 2.05) is 20.8 Å². The average Bonchev–Trinajstić information content (AvgIpc) is 2.97. The molecule has 0 bridgehead atoms. The topological polar surface area (TPSA) is 91.3 Å². The Morgan fingerprint density at radius 1 is 1.39 bits per heavy atom. The van der Waals surface area contributed by atoms with E-state index in [9.17, 15) is 4.79 Å². The summed E-state index contributed by atoms with van der Waals surface area (Å²) in [5.74, 6) is -0.0535. The second-order valence-electron chi connectivity index (χ2n) is 5.85. The van der Waals surface area contributed by atoms with Gasteiger partial charge < -0.3 is 4.52 Å². The predicted octanol–water partition coefficient (Wildman–Crippen LogP) is 3.80. The number of nitrogens with one attached hydrogen (secondary N) is 1. The predicted molar refractivity (Wildman–Crippen MR) is 87.7 cm³/mol. The quantitative estimate of drug-likeness (QED) is 0.523. The number of nitrogens with zero attached hydrogens (tertiary/aromatic N) is 3. The normalized spacial score (nSPS) is 11.9. The summed E-state index contributed by atoms with van der Waals surface area (Å²) in [7, 11) is 0. The summed E-state index contributed by atoms with van der Waals surface area (Å²) >= 11 is 5.86. The molecule has 2 aromatic rings. The number of carbonyl (C=O) groups is 1. The monoisotopic (exact) mass is 330 g/mol. The highest BCUT2D eigenvalue weighted by Crippen LogP contribution is 2.23. The molecule has 1 N–H and O–H groups in total. The summed E-state index contributed by atoms with van der Waals surface area (Å²) in [4.78, 5) is 12.3. The zero-order valence-electron chi connectivity index (χ0n) is 12.9. The van der Waals surface area contributed by atoms with Crippen LogP contribution >= 0.6 is 11.6 Å².